The minimum absolute atomic E-state index is 0.0401. The molecular formula is C28H27ClF2N2O4S. The molecule has 4 rings (SSSR count). The summed E-state index contributed by atoms with van der Waals surface area (Å²) < 4.78 is 55.7. The Kier molecular flexibility index (Phi) is 8.18. The van der Waals surface area contributed by atoms with Crippen LogP contribution in [0.15, 0.2) is 54.6 Å². The molecule has 1 saturated heterocycles. The molecule has 1 amide bonds. The van der Waals surface area contributed by atoms with Gasteiger partial charge >= 0.3 is 0 Å². The highest BCUT2D eigenvalue weighted by molar-refractivity contribution is 7.92. The third-order valence-corrected chi connectivity index (χ3v) is 7.41. The van der Waals surface area contributed by atoms with Gasteiger partial charge in [0.25, 0.3) is 0 Å². The molecule has 1 N–H and O–H groups in total. The monoisotopic (exact) mass is 560 g/mol. The summed E-state index contributed by atoms with van der Waals surface area (Å²) in [5, 5.41) is 0.237. The first-order valence-electron chi connectivity index (χ1n) is 12.1. The van der Waals surface area contributed by atoms with Gasteiger partial charge in [0.05, 0.1) is 11.9 Å². The molecule has 0 radical (unpaired) electrons. The van der Waals surface area contributed by atoms with Crippen molar-refractivity contribution in [3.63, 3.8) is 0 Å². The maximum atomic E-state index is 15.6. The molecule has 1 atom stereocenters. The SMILES string of the molecule is Cc1c(N2CCC[C@@H](CC(=O)Cc3ccc(Cl)cc3F)C2=O)ccc(-c2ccccc2NS(C)(=O)=O)c1F. The van der Waals surface area contributed by atoms with Crippen LogP contribution in [0.1, 0.15) is 30.4 Å². The molecule has 1 aliphatic rings. The molecule has 38 heavy (non-hydrogen) atoms. The van der Waals surface area contributed by atoms with Gasteiger partial charge in [-0.2, -0.15) is 0 Å². The summed E-state index contributed by atoms with van der Waals surface area (Å²) >= 11 is 5.77. The number of benzene rings is 3. The van der Waals surface area contributed by atoms with Crippen molar-refractivity contribution >= 4 is 44.7 Å². The van der Waals surface area contributed by atoms with E-state index in [-0.39, 0.29) is 51.9 Å². The Balaban J connectivity index is 1.55. The first kappa shape index (κ1) is 27.7. The number of hydrogen-bond acceptors (Lipinski definition) is 4. The Morgan fingerprint density at radius 3 is 2.55 bits per heavy atom. The fraction of sp³-hybridized carbons (Fsp3) is 0.286. The third-order valence-electron chi connectivity index (χ3n) is 6.59. The van der Waals surface area contributed by atoms with E-state index in [1.807, 2.05) is 0 Å². The van der Waals surface area contributed by atoms with Crippen molar-refractivity contribution in [3.8, 4) is 11.1 Å². The highest BCUT2D eigenvalue weighted by atomic mass is 35.5. The molecule has 6 nitrogen and oxygen atoms in total. The number of hydrogen-bond donors (Lipinski definition) is 1. The Hall–Kier alpha value is -3.30. The van der Waals surface area contributed by atoms with Crippen molar-refractivity contribution < 1.29 is 26.8 Å². The Morgan fingerprint density at radius 1 is 1.11 bits per heavy atom. The Morgan fingerprint density at radius 2 is 1.84 bits per heavy atom. The number of amides is 1. The molecule has 3 aromatic rings. The van der Waals surface area contributed by atoms with Crippen LogP contribution in [0.5, 0.6) is 0 Å². The third kappa shape index (κ3) is 6.22. The average Bonchev–Trinajstić information content (AvgIpc) is 2.84. The van der Waals surface area contributed by atoms with Crippen LogP contribution in [0.3, 0.4) is 0 Å². The minimum atomic E-state index is -3.58. The normalized spacial score (nSPS) is 16.0. The lowest BCUT2D eigenvalue weighted by molar-refractivity contribution is -0.128. The summed E-state index contributed by atoms with van der Waals surface area (Å²) in [4.78, 5) is 27.5. The van der Waals surface area contributed by atoms with Gasteiger partial charge in [0, 0.05) is 52.7 Å². The summed E-state index contributed by atoms with van der Waals surface area (Å²) in [6.07, 6.45) is 1.97. The second-order valence-electron chi connectivity index (χ2n) is 9.48. The number of anilines is 2. The van der Waals surface area contributed by atoms with E-state index in [1.54, 1.807) is 37.3 Å². The maximum absolute atomic E-state index is 15.6. The van der Waals surface area contributed by atoms with Crippen LogP contribution in [-0.2, 0) is 26.0 Å². The van der Waals surface area contributed by atoms with Gasteiger partial charge in [0.2, 0.25) is 15.9 Å². The van der Waals surface area contributed by atoms with E-state index in [2.05, 4.69) is 4.72 Å². The lowest BCUT2D eigenvalue weighted by atomic mass is 9.89. The van der Waals surface area contributed by atoms with Crippen LogP contribution < -0.4 is 9.62 Å². The van der Waals surface area contributed by atoms with E-state index in [0.717, 1.165) is 12.3 Å². The predicted molar refractivity (Wildman–Crippen MR) is 145 cm³/mol. The van der Waals surface area contributed by atoms with E-state index >= 15 is 4.39 Å². The Labute approximate surface area is 225 Å². The van der Waals surface area contributed by atoms with Gasteiger partial charge < -0.3 is 4.90 Å². The van der Waals surface area contributed by atoms with E-state index in [1.165, 1.54) is 23.1 Å². The number of piperidine rings is 1. The van der Waals surface area contributed by atoms with Gasteiger partial charge in [0.15, 0.2) is 0 Å². The van der Waals surface area contributed by atoms with E-state index in [0.29, 0.717) is 30.6 Å². The van der Waals surface area contributed by atoms with Crippen LogP contribution in [0.4, 0.5) is 20.2 Å². The number of carbonyl (C=O) groups excluding carboxylic acids is 2. The molecule has 1 aliphatic heterocycles. The molecule has 0 aromatic heterocycles. The molecule has 0 spiro atoms. The predicted octanol–water partition coefficient (Wildman–Crippen LogP) is 5.91. The van der Waals surface area contributed by atoms with Gasteiger partial charge in [-0.1, -0.05) is 35.9 Å². The molecule has 0 saturated carbocycles. The molecule has 0 bridgehead atoms. The van der Waals surface area contributed by atoms with Crippen LogP contribution in [0.25, 0.3) is 11.1 Å². The number of rotatable bonds is 8. The van der Waals surface area contributed by atoms with Crippen molar-refractivity contribution in [1.82, 2.24) is 0 Å². The second kappa shape index (κ2) is 11.2. The largest absolute Gasteiger partial charge is 0.312 e. The number of Topliss-reactive ketones (excluding diaryl/α,β-unsaturated/α-hetero) is 1. The summed E-state index contributed by atoms with van der Waals surface area (Å²) in [7, 11) is -3.58. The number of nitrogens with zero attached hydrogens (tertiary/aromatic N) is 1. The highest BCUT2D eigenvalue weighted by Gasteiger charge is 2.33. The summed E-state index contributed by atoms with van der Waals surface area (Å²) in [5.41, 5.74) is 1.66. The number of halogens is 3. The topological polar surface area (TPSA) is 83.6 Å². The molecule has 10 heteroatoms. The lowest BCUT2D eigenvalue weighted by Crippen LogP contribution is -2.42. The van der Waals surface area contributed by atoms with Crippen molar-refractivity contribution in [2.75, 3.05) is 22.4 Å². The molecule has 0 aliphatic carbocycles. The zero-order valence-corrected chi connectivity index (χ0v) is 22.5. The first-order chi connectivity index (χ1) is 17.9. The summed E-state index contributed by atoms with van der Waals surface area (Å²) in [5.74, 6) is -2.28. The number of ketones is 1. The van der Waals surface area contributed by atoms with Gasteiger partial charge in [-0.3, -0.25) is 14.3 Å². The molecule has 200 valence electrons. The van der Waals surface area contributed by atoms with Gasteiger partial charge in [-0.25, -0.2) is 17.2 Å². The average molecular weight is 561 g/mol. The van der Waals surface area contributed by atoms with E-state index < -0.39 is 27.6 Å². The van der Waals surface area contributed by atoms with Crippen molar-refractivity contribution in [2.45, 2.75) is 32.6 Å². The minimum Gasteiger partial charge on any atom is -0.312 e. The number of para-hydroxylation sites is 1. The lowest BCUT2D eigenvalue weighted by Gasteiger charge is -2.33. The van der Waals surface area contributed by atoms with Crippen molar-refractivity contribution in [1.29, 1.82) is 0 Å². The summed E-state index contributed by atoms with van der Waals surface area (Å²) in [6, 6.07) is 13.8. The van der Waals surface area contributed by atoms with Crippen molar-refractivity contribution in [2.24, 2.45) is 5.92 Å². The van der Waals surface area contributed by atoms with Crippen LogP contribution in [0.2, 0.25) is 5.02 Å². The maximum Gasteiger partial charge on any atom is 0.230 e. The van der Waals surface area contributed by atoms with Crippen molar-refractivity contribution in [3.05, 3.63) is 82.4 Å². The Bertz CT molecular complexity index is 1510. The standard InChI is InChI=1S/C28H27ClF2N2O4S/c1-17-26(12-11-23(27(17)31)22-7-3-4-8-25(22)32-38(2,36)37)33-13-5-6-19(28(33)35)15-21(34)14-18-9-10-20(29)16-24(18)30/h3-4,7-12,16,19,32H,5-6,13-15H2,1-2H3/t19-/m0/s1. The van der Waals surface area contributed by atoms with E-state index in [9.17, 15) is 22.4 Å². The number of carbonyl (C=O) groups is 2. The van der Waals surface area contributed by atoms with Crippen LogP contribution in [-0.4, -0.2) is 32.9 Å². The smallest absolute Gasteiger partial charge is 0.230 e. The van der Waals surface area contributed by atoms with Gasteiger partial charge in [-0.15, -0.1) is 0 Å². The molecule has 1 fully saturated rings. The van der Waals surface area contributed by atoms with Gasteiger partial charge in [0.1, 0.15) is 17.4 Å². The first-order valence-corrected chi connectivity index (χ1v) is 14.3. The van der Waals surface area contributed by atoms with Crippen LogP contribution >= 0.6 is 11.6 Å². The number of nitrogens with one attached hydrogen (secondary N) is 1. The molecular weight excluding hydrogens is 534 g/mol. The fourth-order valence-corrected chi connectivity index (χ4v) is 5.52. The summed E-state index contributed by atoms with van der Waals surface area (Å²) in [6.45, 7) is 1.94. The molecule has 0 unspecified atom stereocenters. The highest BCUT2D eigenvalue weighted by Crippen LogP contribution is 2.37. The zero-order valence-electron chi connectivity index (χ0n) is 20.9. The number of sulfonamides is 1. The zero-order chi connectivity index (χ0) is 27.6. The molecule has 1 heterocycles. The van der Waals surface area contributed by atoms with E-state index in [4.69, 9.17) is 11.6 Å². The molecule has 3 aromatic carbocycles. The van der Waals surface area contributed by atoms with Crippen LogP contribution in [0, 0.1) is 24.5 Å². The second-order valence-corrected chi connectivity index (χ2v) is 11.7. The quantitative estimate of drug-likeness (QED) is 0.371. The van der Waals surface area contributed by atoms with Gasteiger partial charge in [-0.05, 0) is 55.7 Å². The fourth-order valence-electron chi connectivity index (χ4n) is 4.78.